The van der Waals surface area contributed by atoms with E-state index in [0.29, 0.717) is 6.04 Å². The van der Waals surface area contributed by atoms with E-state index in [1.165, 1.54) is 17.7 Å². The Kier molecular flexibility index (Phi) is 4.02. The third-order valence-corrected chi connectivity index (χ3v) is 3.56. The molecule has 1 unspecified atom stereocenters. The molecule has 1 aromatic rings. The van der Waals surface area contributed by atoms with E-state index in [1.54, 1.807) is 0 Å². The molecule has 1 fully saturated rings. The van der Waals surface area contributed by atoms with Crippen LogP contribution in [0.3, 0.4) is 0 Å². The maximum absolute atomic E-state index is 3.46. The highest BCUT2D eigenvalue weighted by Gasteiger charge is 2.18. The normalized spacial score (nSPS) is 22.2. The molecule has 3 nitrogen and oxygen atoms in total. The van der Waals surface area contributed by atoms with Crippen LogP contribution in [-0.2, 0) is 0 Å². The summed E-state index contributed by atoms with van der Waals surface area (Å²) < 4.78 is 0. The fourth-order valence-corrected chi connectivity index (χ4v) is 2.41. The van der Waals surface area contributed by atoms with Crippen molar-refractivity contribution in [1.82, 2.24) is 10.2 Å². The smallest absolute Gasteiger partial charge is 0.0361 e. The van der Waals surface area contributed by atoms with E-state index in [-0.39, 0.29) is 0 Å². The Hall–Kier alpha value is -1.06. The van der Waals surface area contributed by atoms with Crippen LogP contribution in [0.5, 0.6) is 0 Å². The van der Waals surface area contributed by atoms with Gasteiger partial charge in [-0.3, -0.25) is 4.90 Å². The molecule has 17 heavy (non-hydrogen) atoms. The van der Waals surface area contributed by atoms with Crippen molar-refractivity contribution in [2.75, 3.05) is 45.7 Å². The minimum Gasteiger partial charge on any atom is -0.378 e. The zero-order valence-corrected chi connectivity index (χ0v) is 11.1. The molecule has 0 bridgehead atoms. The van der Waals surface area contributed by atoms with E-state index in [1.807, 2.05) is 0 Å². The molecule has 94 valence electrons. The van der Waals surface area contributed by atoms with Gasteiger partial charge in [0.25, 0.3) is 0 Å². The van der Waals surface area contributed by atoms with Crippen molar-refractivity contribution in [2.24, 2.45) is 0 Å². The van der Waals surface area contributed by atoms with Crippen LogP contribution < -0.4 is 10.2 Å². The van der Waals surface area contributed by atoms with Crippen molar-refractivity contribution in [2.45, 2.75) is 12.5 Å². The molecular weight excluding hydrogens is 210 g/mol. The standard InChI is InChI=1S/C14H23N3/c1-16(2)13-6-4-12(5-7-13)14-8-9-15-10-11-17(14)3/h4-7,14-15H,8-11H2,1-3H3. The Balaban J connectivity index is 2.14. The molecule has 0 spiro atoms. The second-order valence-electron chi connectivity index (χ2n) is 5.02. The summed E-state index contributed by atoms with van der Waals surface area (Å²) in [5.41, 5.74) is 2.70. The minimum absolute atomic E-state index is 0.557. The van der Waals surface area contributed by atoms with Gasteiger partial charge < -0.3 is 10.2 Å². The average Bonchev–Trinajstić information content (AvgIpc) is 2.54. The van der Waals surface area contributed by atoms with E-state index in [4.69, 9.17) is 0 Å². The summed E-state index contributed by atoms with van der Waals surface area (Å²) in [7, 11) is 6.38. The zero-order valence-electron chi connectivity index (χ0n) is 11.1. The van der Waals surface area contributed by atoms with Crippen molar-refractivity contribution >= 4 is 5.69 Å². The molecule has 0 aliphatic carbocycles. The molecule has 2 rings (SSSR count). The molecule has 1 aliphatic heterocycles. The van der Waals surface area contributed by atoms with Crippen LogP contribution in [0.15, 0.2) is 24.3 Å². The van der Waals surface area contributed by atoms with Crippen LogP contribution in [0.4, 0.5) is 5.69 Å². The summed E-state index contributed by atoms with van der Waals surface area (Å²) in [5, 5.41) is 3.46. The third-order valence-electron chi connectivity index (χ3n) is 3.56. The topological polar surface area (TPSA) is 18.5 Å². The molecule has 1 heterocycles. The highest BCUT2D eigenvalue weighted by atomic mass is 15.2. The predicted molar refractivity (Wildman–Crippen MR) is 73.6 cm³/mol. The molecule has 0 saturated carbocycles. The molecule has 1 aliphatic rings. The average molecular weight is 233 g/mol. The molecule has 0 amide bonds. The van der Waals surface area contributed by atoms with Gasteiger partial charge in [0.1, 0.15) is 0 Å². The third kappa shape index (κ3) is 2.99. The quantitative estimate of drug-likeness (QED) is 0.839. The summed E-state index contributed by atoms with van der Waals surface area (Å²) in [6.07, 6.45) is 1.19. The van der Waals surface area contributed by atoms with Gasteiger partial charge >= 0.3 is 0 Å². The zero-order chi connectivity index (χ0) is 12.3. The van der Waals surface area contributed by atoms with Crippen LogP contribution in [0, 0.1) is 0 Å². The summed E-state index contributed by atoms with van der Waals surface area (Å²) in [6, 6.07) is 9.51. The molecule has 1 saturated heterocycles. The second kappa shape index (κ2) is 5.52. The number of rotatable bonds is 2. The van der Waals surface area contributed by atoms with Gasteiger partial charge in [0.15, 0.2) is 0 Å². The maximum Gasteiger partial charge on any atom is 0.0361 e. The number of nitrogens with one attached hydrogen (secondary N) is 1. The summed E-state index contributed by atoms with van der Waals surface area (Å²) in [6.45, 7) is 3.34. The van der Waals surface area contributed by atoms with E-state index < -0.39 is 0 Å². The maximum atomic E-state index is 3.46. The van der Waals surface area contributed by atoms with Gasteiger partial charge in [-0.15, -0.1) is 0 Å². The number of hydrogen-bond donors (Lipinski definition) is 1. The van der Waals surface area contributed by atoms with Gasteiger partial charge in [0, 0.05) is 38.9 Å². The summed E-state index contributed by atoms with van der Waals surface area (Å²) in [5.74, 6) is 0. The Bertz CT molecular complexity index is 345. The molecular formula is C14H23N3. The van der Waals surface area contributed by atoms with Crippen LogP contribution >= 0.6 is 0 Å². The Morgan fingerprint density at radius 3 is 2.53 bits per heavy atom. The van der Waals surface area contributed by atoms with E-state index >= 15 is 0 Å². The van der Waals surface area contributed by atoms with Crippen LogP contribution in [0.25, 0.3) is 0 Å². The lowest BCUT2D eigenvalue weighted by molar-refractivity contribution is 0.258. The number of benzene rings is 1. The summed E-state index contributed by atoms with van der Waals surface area (Å²) >= 11 is 0. The minimum atomic E-state index is 0.557. The first-order chi connectivity index (χ1) is 8.18. The largest absolute Gasteiger partial charge is 0.378 e. The van der Waals surface area contributed by atoms with Crippen molar-refractivity contribution in [1.29, 1.82) is 0 Å². The highest BCUT2D eigenvalue weighted by Crippen LogP contribution is 2.25. The van der Waals surface area contributed by atoms with E-state index in [2.05, 4.69) is 60.5 Å². The van der Waals surface area contributed by atoms with Crippen LogP contribution in [0.2, 0.25) is 0 Å². The SMILES string of the molecule is CN(C)c1ccc(C2CCNCCN2C)cc1. The lowest BCUT2D eigenvalue weighted by Crippen LogP contribution is -2.26. The van der Waals surface area contributed by atoms with E-state index in [0.717, 1.165) is 19.6 Å². The highest BCUT2D eigenvalue weighted by molar-refractivity contribution is 5.46. The lowest BCUT2D eigenvalue weighted by atomic mass is 10.0. The molecule has 1 aromatic carbocycles. The fraction of sp³-hybridized carbons (Fsp3) is 0.571. The first-order valence-electron chi connectivity index (χ1n) is 6.37. The second-order valence-corrected chi connectivity index (χ2v) is 5.02. The van der Waals surface area contributed by atoms with Gasteiger partial charge in [-0.25, -0.2) is 0 Å². The van der Waals surface area contributed by atoms with Gasteiger partial charge in [-0.05, 0) is 37.7 Å². The number of hydrogen-bond acceptors (Lipinski definition) is 3. The lowest BCUT2D eigenvalue weighted by Gasteiger charge is -2.26. The molecule has 0 radical (unpaired) electrons. The molecule has 1 N–H and O–H groups in total. The van der Waals surface area contributed by atoms with Crippen molar-refractivity contribution in [3.63, 3.8) is 0 Å². The van der Waals surface area contributed by atoms with Crippen LogP contribution in [-0.4, -0.2) is 45.7 Å². The first-order valence-corrected chi connectivity index (χ1v) is 6.37. The number of nitrogens with zero attached hydrogens (tertiary/aromatic N) is 2. The summed E-state index contributed by atoms with van der Waals surface area (Å²) in [4.78, 5) is 4.59. The molecule has 3 heteroatoms. The fourth-order valence-electron chi connectivity index (χ4n) is 2.41. The first kappa shape index (κ1) is 12.4. The van der Waals surface area contributed by atoms with Gasteiger partial charge in [0.05, 0.1) is 0 Å². The van der Waals surface area contributed by atoms with Gasteiger partial charge in [-0.2, -0.15) is 0 Å². The monoisotopic (exact) mass is 233 g/mol. The van der Waals surface area contributed by atoms with Crippen LogP contribution in [0.1, 0.15) is 18.0 Å². The van der Waals surface area contributed by atoms with Gasteiger partial charge in [0.2, 0.25) is 0 Å². The van der Waals surface area contributed by atoms with Crippen molar-refractivity contribution < 1.29 is 0 Å². The number of likely N-dealkylation sites (N-methyl/N-ethyl adjacent to an activating group) is 1. The van der Waals surface area contributed by atoms with Gasteiger partial charge in [-0.1, -0.05) is 12.1 Å². The van der Waals surface area contributed by atoms with Crippen molar-refractivity contribution in [3.05, 3.63) is 29.8 Å². The Morgan fingerprint density at radius 2 is 1.88 bits per heavy atom. The predicted octanol–water partition coefficient (Wildman–Crippen LogP) is 1.72. The number of anilines is 1. The Labute approximate surface area is 104 Å². The van der Waals surface area contributed by atoms with E-state index in [9.17, 15) is 0 Å². The molecule has 0 aromatic heterocycles. The molecule has 1 atom stereocenters. The van der Waals surface area contributed by atoms with Crippen molar-refractivity contribution in [3.8, 4) is 0 Å². The Morgan fingerprint density at radius 1 is 1.18 bits per heavy atom.